The van der Waals surface area contributed by atoms with E-state index in [0.717, 1.165) is 6.54 Å². The molecule has 1 atom stereocenters. The Morgan fingerprint density at radius 3 is 2.75 bits per heavy atom. The van der Waals surface area contributed by atoms with E-state index in [2.05, 4.69) is 10.6 Å². The summed E-state index contributed by atoms with van der Waals surface area (Å²) in [4.78, 5) is 10.7. The number of aliphatic hydroxyl groups excluding tert-OH is 1. The van der Waals surface area contributed by atoms with Crippen molar-refractivity contribution >= 4 is 5.91 Å². The van der Waals surface area contributed by atoms with Crippen LogP contribution >= 0.6 is 0 Å². The van der Waals surface area contributed by atoms with E-state index in [0.29, 0.717) is 13.0 Å². The van der Waals surface area contributed by atoms with Gasteiger partial charge in [0.1, 0.15) is 0 Å². The SMILES string of the molecule is CNC(=O)CCNCC(C)CO. The number of aliphatic hydroxyl groups is 1. The van der Waals surface area contributed by atoms with Gasteiger partial charge >= 0.3 is 0 Å². The summed E-state index contributed by atoms with van der Waals surface area (Å²) in [6.07, 6.45) is 0.495. The summed E-state index contributed by atoms with van der Waals surface area (Å²) in [6.45, 7) is 3.57. The van der Waals surface area contributed by atoms with Crippen molar-refractivity contribution in [2.24, 2.45) is 5.92 Å². The summed E-state index contributed by atoms with van der Waals surface area (Å²) in [6, 6.07) is 0. The minimum Gasteiger partial charge on any atom is -0.396 e. The van der Waals surface area contributed by atoms with E-state index < -0.39 is 0 Å². The summed E-state index contributed by atoms with van der Waals surface area (Å²) in [5, 5.41) is 14.3. The van der Waals surface area contributed by atoms with Crippen LogP contribution in [0.3, 0.4) is 0 Å². The van der Waals surface area contributed by atoms with Crippen molar-refractivity contribution < 1.29 is 9.90 Å². The molecule has 1 amide bonds. The van der Waals surface area contributed by atoms with Crippen LogP contribution in [0.25, 0.3) is 0 Å². The maximum absolute atomic E-state index is 10.7. The van der Waals surface area contributed by atoms with Crippen LogP contribution in [0.1, 0.15) is 13.3 Å². The van der Waals surface area contributed by atoms with E-state index in [4.69, 9.17) is 5.11 Å². The Bertz CT molecular complexity index is 128. The first-order valence-electron chi connectivity index (χ1n) is 4.22. The van der Waals surface area contributed by atoms with Crippen molar-refractivity contribution in [1.82, 2.24) is 10.6 Å². The van der Waals surface area contributed by atoms with Crippen LogP contribution in [0.4, 0.5) is 0 Å². The lowest BCUT2D eigenvalue weighted by Crippen LogP contribution is -2.28. The Balaban J connectivity index is 3.15. The molecule has 0 aliphatic rings. The van der Waals surface area contributed by atoms with E-state index in [1.54, 1.807) is 7.05 Å². The molecule has 0 aliphatic heterocycles. The monoisotopic (exact) mass is 174 g/mol. The quantitative estimate of drug-likeness (QED) is 0.468. The van der Waals surface area contributed by atoms with Crippen LogP contribution < -0.4 is 10.6 Å². The topological polar surface area (TPSA) is 61.4 Å². The van der Waals surface area contributed by atoms with Crippen molar-refractivity contribution in [3.05, 3.63) is 0 Å². The molecule has 3 N–H and O–H groups in total. The summed E-state index contributed by atoms with van der Waals surface area (Å²) in [5.41, 5.74) is 0. The molecule has 0 aliphatic carbocycles. The highest BCUT2D eigenvalue weighted by Crippen LogP contribution is 1.88. The van der Waals surface area contributed by atoms with Gasteiger partial charge in [-0.2, -0.15) is 0 Å². The Hall–Kier alpha value is -0.610. The third-order valence-electron chi connectivity index (χ3n) is 1.61. The van der Waals surface area contributed by atoms with Crippen molar-refractivity contribution in [2.45, 2.75) is 13.3 Å². The Morgan fingerprint density at radius 1 is 1.58 bits per heavy atom. The average Bonchev–Trinajstić information content (AvgIpc) is 2.11. The lowest BCUT2D eigenvalue weighted by molar-refractivity contribution is -0.120. The molecule has 0 saturated carbocycles. The second kappa shape index (κ2) is 7.06. The zero-order valence-corrected chi connectivity index (χ0v) is 7.76. The highest BCUT2D eigenvalue weighted by molar-refractivity contribution is 5.75. The van der Waals surface area contributed by atoms with E-state index in [9.17, 15) is 4.79 Å². The van der Waals surface area contributed by atoms with Gasteiger partial charge in [0.05, 0.1) is 0 Å². The standard InChI is InChI=1S/C8H18N2O2/c1-7(6-11)5-10-4-3-8(12)9-2/h7,10-11H,3-6H2,1-2H3,(H,9,12). The fraction of sp³-hybridized carbons (Fsp3) is 0.875. The average molecular weight is 174 g/mol. The van der Waals surface area contributed by atoms with Crippen molar-refractivity contribution in [2.75, 3.05) is 26.7 Å². The first-order chi connectivity index (χ1) is 5.70. The van der Waals surface area contributed by atoms with Crippen LogP contribution in [-0.2, 0) is 4.79 Å². The van der Waals surface area contributed by atoms with Crippen molar-refractivity contribution in [3.63, 3.8) is 0 Å². The van der Waals surface area contributed by atoms with Crippen LogP contribution in [0, 0.1) is 5.92 Å². The third kappa shape index (κ3) is 6.12. The van der Waals surface area contributed by atoms with Crippen LogP contribution in [-0.4, -0.2) is 37.8 Å². The van der Waals surface area contributed by atoms with Gasteiger partial charge in [-0.3, -0.25) is 4.79 Å². The molecule has 1 unspecified atom stereocenters. The molecule has 0 aromatic carbocycles. The molecule has 4 heteroatoms. The Labute approximate surface area is 73.3 Å². The Morgan fingerprint density at radius 2 is 2.25 bits per heavy atom. The van der Waals surface area contributed by atoms with Gasteiger partial charge in [-0.1, -0.05) is 6.92 Å². The first-order valence-corrected chi connectivity index (χ1v) is 4.22. The number of hydrogen-bond acceptors (Lipinski definition) is 3. The first kappa shape index (κ1) is 11.4. The molecule has 0 aromatic heterocycles. The van der Waals surface area contributed by atoms with Gasteiger partial charge in [-0.25, -0.2) is 0 Å². The fourth-order valence-electron chi connectivity index (χ4n) is 0.740. The number of nitrogens with one attached hydrogen (secondary N) is 2. The number of amides is 1. The van der Waals surface area contributed by atoms with E-state index in [-0.39, 0.29) is 18.4 Å². The van der Waals surface area contributed by atoms with Gasteiger partial charge in [0.2, 0.25) is 5.91 Å². The van der Waals surface area contributed by atoms with Crippen LogP contribution in [0.2, 0.25) is 0 Å². The maximum Gasteiger partial charge on any atom is 0.221 e. The van der Waals surface area contributed by atoms with Gasteiger partial charge in [-0.05, 0) is 12.5 Å². The molecule has 12 heavy (non-hydrogen) atoms. The lowest BCUT2D eigenvalue weighted by Gasteiger charge is -2.08. The highest BCUT2D eigenvalue weighted by Gasteiger charge is 1.99. The maximum atomic E-state index is 10.7. The third-order valence-corrected chi connectivity index (χ3v) is 1.61. The normalized spacial score (nSPS) is 12.6. The summed E-state index contributed by atoms with van der Waals surface area (Å²) in [5.74, 6) is 0.300. The van der Waals surface area contributed by atoms with Gasteiger partial charge < -0.3 is 15.7 Å². The molecule has 0 heterocycles. The molecule has 72 valence electrons. The highest BCUT2D eigenvalue weighted by atomic mass is 16.3. The molecule has 0 radical (unpaired) electrons. The second-order valence-electron chi connectivity index (χ2n) is 2.92. The zero-order valence-electron chi connectivity index (χ0n) is 7.76. The van der Waals surface area contributed by atoms with Crippen LogP contribution in [0.15, 0.2) is 0 Å². The minimum absolute atomic E-state index is 0.0409. The summed E-state index contributed by atoms with van der Waals surface area (Å²) >= 11 is 0. The zero-order chi connectivity index (χ0) is 9.40. The summed E-state index contributed by atoms with van der Waals surface area (Å²) in [7, 11) is 1.62. The molecular weight excluding hydrogens is 156 g/mol. The van der Waals surface area contributed by atoms with Crippen molar-refractivity contribution in [3.8, 4) is 0 Å². The fourth-order valence-corrected chi connectivity index (χ4v) is 0.740. The van der Waals surface area contributed by atoms with Gasteiger partial charge in [0.15, 0.2) is 0 Å². The van der Waals surface area contributed by atoms with Crippen molar-refractivity contribution in [1.29, 1.82) is 0 Å². The molecule has 0 fully saturated rings. The largest absolute Gasteiger partial charge is 0.396 e. The molecule has 0 rings (SSSR count). The van der Waals surface area contributed by atoms with E-state index in [1.807, 2.05) is 6.92 Å². The molecule has 0 saturated heterocycles. The number of carbonyl (C=O) groups excluding carboxylic acids is 1. The minimum atomic E-state index is 0.0409. The predicted molar refractivity (Wildman–Crippen MR) is 47.8 cm³/mol. The molecule has 0 spiro atoms. The number of hydrogen-bond donors (Lipinski definition) is 3. The lowest BCUT2D eigenvalue weighted by atomic mass is 10.2. The predicted octanol–water partition coefficient (Wildman–Crippen LogP) is -0.659. The van der Waals surface area contributed by atoms with Gasteiger partial charge in [-0.15, -0.1) is 0 Å². The number of rotatable bonds is 6. The second-order valence-corrected chi connectivity index (χ2v) is 2.92. The number of carbonyl (C=O) groups is 1. The molecule has 0 bridgehead atoms. The molecular formula is C8H18N2O2. The van der Waals surface area contributed by atoms with Gasteiger partial charge in [0.25, 0.3) is 0 Å². The molecule has 4 nitrogen and oxygen atoms in total. The van der Waals surface area contributed by atoms with Gasteiger partial charge in [0, 0.05) is 26.6 Å². The summed E-state index contributed by atoms with van der Waals surface area (Å²) < 4.78 is 0. The van der Waals surface area contributed by atoms with E-state index >= 15 is 0 Å². The van der Waals surface area contributed by atoms with E-state index in [1.165, 1.54) is 0 Å². The Kier molecular flexibility index (Phi) is 6.70. The smallest absolute Gasteiger partial charge is 0.221 e. The molecule has 0 aromatic rings. The van der Waals surface area contributed by atoms with Crippen LogP contribution in [0.5, 0.6) is 0 Å².